The van der Waals surface area contributed by atoms with E-state index in [2.05, 4.69) is 13.8 Å². The topological polar surface area (TPSA) is 43.4 Å². The normalized spacial score (nSPS) is 11.6. The summed E-state index contributed by atoms with van der Waals surface area (Å²) in [5.41, 5.74) is 0. The second-order valence-corrected chi connectivity index (χ2v) is 13.0. The van der Waals surface area contributed by atoms with E-state index < -0.39 is 10.1 Å². The molecule has 0 saturated carbocycles. The predicted molar refractivity (Wildman–Crippen MR) is 169 cm³/mol. The number of hydrogen-bond acceptors (Lipinski definition) is 3. The lowest BCUT2D eigenvalue weighted by Gasteiger charge is -2.06. The summed E-state index contributed by atoms with van der Waals surface area (Å²) in [7, 11) is -3.32. The summed E-state index contributed by atoms with van der Waals surface area (Å²) in [5.74, 6) is 0.198. The van der Waals surface area contributed by atoms with Crippen LogP contribution in [-0.4, -0.2) is 43.8 Å². The minimum Gasteiger partial charge on any atom is -0.270 e. The molecule has 222 valence electrons. The zero-order valence-electron chi connectivity index (χ0n) is 24.8. The van der Waals surface area contributed by atoms with E-state index >= 15 is 0 Å². The average Bonchev–Trinajstić information content (AvgIpc) is 2.86. The van der Waals surface area contributed by atoms with Gasteiger partial charge in [-0.25, -0.2) is 0 Å². The number of hydrogen-bond donors (Lipinski definition) is 0. The zero-order valence-corrected chi connectivity index (χ0v) is 25.7. The Hall–Kier alpha value is 0.676. The van der Waals surface area contributed by atoms with Gasteiger partial charge < -0.3 is 0 Å². The minimum absolute atomic E-state index is 0. The first-order valence-electron chi connectivity index (χ1n) is 16.5. The van der Waals surface area contributed by atoms with Crippen LogP contribution in [0.15, 0.2) is 0 Å². The second-order valence-electron chi connectivity index (χ2n) is 11.3. The maximum Gasteiger partial charge on any atom is 0.316 e. The van der Waals surface area contributed by atoms with Gasteiger partial charge in [0.05, 0.1) is 12.4 Å². The lowest BCUT2D eigenvalue weighted by atomic mass is 10.0. The Balaban J connectivity index is 0. The molecule has 0 aromatic carbocycles. The van der Waals surface area contributed by atoms with Crippen molar-refractivity contribution in [3.8, 4) is 0 Å². The molecule has 5 heteroatoms. The molecule has 0 aliphatic heterocycles. The first-order chi connectivity index (χ1) is 17.6. The Bertz CT molecular complexity index is 510. The van der Waals surface area contributed by atoms with Gasteiger partial charge in [-0.2, -0.15) is 8.42 Å². The molecule has 0 bridgehead atoms. The van der Waals surface area contributed by atoms with Gasteiger partial charge in [0.2, 0.25) is 0 Å². The third-order valence-corrected chi connectivity index (χ3v) is 8.82. The van der Waals surface area contributed by atoms with Gasteiger partial charge in [-0.15, -0.1) is 0 Å². The summed E-state index contributed by atoms with van der Waals surface area (Å²) in [6, 6.07) is 0. The van der Waals surface area contributed by atoms with Gasteiger partial charge in [-0.1, -0.05) is 181 Å². The Kier molecular flexibility index (Phi) is 35.4. The van der Waals surface area contributed by atoms with E-state index in [4.69, 9.17) is 4.18 Å². The third-order valence-electron chi connectivity index (χ3n) is 7.51. The Morgan fingerprint density at radius 1 is 0.378 bits per heavy atom. The van der Waals surface area contributed by atoms with Crippen LogP contribution in [-0.2, 0) is 14.3 Å². The maximum absolute atomic E-state index is 12.1. The fourth-order valence-electron chi connectivity index (χ4n) is 5.01. The summed E-state index contributed by atoms with van der Waals surface area (Å²) in [6.07, 6.45) is 36.3. The fourth-order valence-corrected chi connectivity index (χ4v) is 6.06. The summed E-state index contributed by atoms with van der Waals surface area (Å²) >= 11 is 0. The third kappa shape index (κ3) is 34.6. The van der Waals surface area contributed by atoms with Crippen molar-refractivity contribution in [3.05, 3.63) is 0 Å². The molecule has 0 amide bonds. The molecule has 0 spiro atoms. The number of rotatable bonds is 31. The van der Waals surface area contributed by atoms with Crippen molar-refractivity contribution in [2.45, 2.75) is 194 Å². The smallest absolute Gasteiger partial charge is 0.270 e. The molecule has 0 rings (SSSR count). The van der Waals surface area contributed by atoms with Crippen molar-refractivity contribution in [3.63, 3.8) is 0 Å². The lowest BCUT2D eigenvalue weighted by Crippen LogP contribution is -2.11. The average molecular weight is 557 g/mol. The van der Waals surface area contributed by atoms with Crippen LogP contribution in [0.4, 0.5) is 0 Å². The van der Waals surface area contributed by atoms with Gasteiger partial charge >= 0.3 is 23.1 Å². The zero-order chi connectivity index (χ0) is 26.4. The van der Waals surface area contributed by atoms with Gasteiger partial charge in [-0.05, 0) is 12.8 Å². The van der Waals surface area contributed by atoms with E-state index in [1.165, 1.54) is 148 Å². The van der Waals surface area contributed by atoms with Gasteiger partial charge in [0.15, 0.2) is 0 Å². The van der Waals surface area contributed by atoms with Crippen LogP contribution in [0.2, 0.25) is 0 Å². The lowest BCUT2D eigenvalue weighted by molar-refractivity contribution is 0.305. The molecule has 0 aromatic rings. The van der Waals surface area contributed by atoms with Crippen molar-refractivity contribution < 1.29 is 12.6 Å². The molecule has 0 fully saturated rings. The van der Waals surface area contributed by atoms with E-state index in [1.807, 2.05) is 0 Å². The van der Waals surface area contributed by atoms with Crippen LogP contribution >= 0.6 is 0 Å². The SMILES string of the molecule is CCCCCCCCCCCCCCCCOS(=O)(=O)CCCCCCCCCCCCCCCC.[MgH2]. The molecular weight excluding hydrogens is 489 g/mol. The van der Waals surface area contributed by atoms with Gasteiger partial charge in [0, 0.05) is 0 Å². The Labute approximate surface area is 250 Å². The Morgan fingerprint density at radius 2 is 0.622 bits per heavy atom. The molecule has 0 unspecified atom stereocenters. The molecule has 0 heterocycles. The van der Waals surface area contributed by atoms with E-state index in [-0.39, 0.29) is 28.8 Å². The van der Waals surface area contributed by atoms with Crippen LogP contribution in [0.5, 0.6) is 0 Å². The first kappa shape index (κ1) is 39.8. The molecule has 0 N–H and O–H groups in total. The highest BCUT2D eigenvalue weighted by atomic mass is 32.2. The predicted octanol–water partition coefficient (Wildman–Crippen LogP) is 10.4. The summed E-state index contributed by atoms with van der Waals surface area (Å²) in [4.78, 5) is 0. The van der Waals surface area contributed by atoms with E-state index in [9.17, 15) is 8.42 Å². The van der Waals surface area contributed by atoms with Gasteiger partial charge in [-0.3, -0.25) is 4.18 Å². The molecule has 0 saturated heterocycles. The minimum atomic E-state index is -3.32. The van der Waals surface area contributed by atoms with E-state index in [0.717, 1.165) is 32.1 Å². The summed E-state index contributed by atoms with van der Waals surface area (Å²) < 4.78 is 29.3. The highest BCUT2D eigenvalue weighted by molar-refractivity contribution is 7.86. The van der Waals surface area contributed by atoms with Crippen molar-refractivity contribution in [1.29, 1.82) is 0 Å². The van der Waals surface area contributed by atoms with Crippen molar-refractivity contribution in [2.24, 2.45) is 0 Å². The van der Waals surface area contributed by atoms with E-state index in [0.29, 0.717) is 6.61 Å². The molecule has 37 heavy (non-hydrogen) atoms. The molecule has 3 nitrogen and oxygen atoms in total. The van der Waals surface area contributed by atoms with Crippen LogP contribution in [0, 0.1) is 0 Å². The molecule has 0 aliphatic carbocycles. The molecular formula is C32H68MgO3S. The van der Waals surface area contributed by atoms with Gasteiger partial charge in [0.1, 0.15) is 0 Å². The van der Waals surface area contributed by atoms with Crippen LogP contribution in [0.3, 0.4) is 0 Å². The van der Waals surface area contributed by atoms with Crippen molar-refractivity contribution in [1.82, 2.24) is 0 Å². The van der Waals surface area contributed by atoms with Crippen LogP contribution in [0.25, 0.3) is 0 Å². The second kappa shape index (κ2) is 32.9. The fraction of sp³-hybridized carbons (Fsp3) is 1.00. The first-order valence-corrected chi connectivity index (χ1v) is 18.1. The number of unbranched alkanes of at least 4 members (excludes halogenated alkanes) is 26. The van der Waals surface area contributed by atoms with E-state index in [1.54, 1.807) is 0 Å². The molecule has 0 radical (unpaired) electrons. The highest BCUT2D eigenvalue weighted by Crippen LogP contribution is 2.15. The van der Waals surface area contributed by atoms with Crippen LogP contribution in [0.1, 0.15) is 194 Å². The highest BCUT2D eigenvalue weighted by Gasteiger charge is 2.10. The van der Waals surface area contributed by atoms with Crippen LogP contribution < -0.4 is 0 Å². The largest absolute Gasteiger partial charge is 0.316 e. The van der Waals surface area contributed by atoms with Crippen molar-refractivity contribution >= 4 is 33.2 Å². The maximum atomic E-state index is 12.1. The monoisotopic (exact) mass is 556 g/mol. The summed E-state index contributed by atoms with van der Waals surface area (Å²) in [5, 5.41) is 0. The van der Waals surface area contributed by atoms with Crippen molar-refractivity contribution in [2.75, 3.05) is 12.4 Å². The Morgan fingerprint density at radius 3 is 0.919 bits per heavy atom. The van der Waals surface area contributed by atoms with Gasteiger partial charge in [0.25, 0.3) is 10.1 Å². The summed E-state index contributed by atoms with van der Waals surface area (Å²) in [6.45, 7) is 4.92. The standard InChI is InChI=1S/C32H66O3S.Mg.2H/c1-3-5-7-9-11-13-15-17-19-21-23-25-27-29-31-35-36(33,34)32-30-28-26-24-22-20-18-16-14-12-10-8-6-4-2;;;/h3-32H2,1-2H3;;;. The molecule has 0 aliphatic rings. The quantitative estimate of drug-likeness (QED) is 0.0484. The molecule has 0 atom stereocenters. The molecule has 0 aromatic heterocycles.